The number of rotatable bonds is 5. The molecule has 0 unspecified atom stereocenters. The SMILES string of the molecule is CCOc1ccc(NC(=O)N2CCN(c3ccnc4c3cnn4C)[C@@H](CC)C2)c(C)n1. The molecule has 3 aromatic heterocycles. The van der Waals surface area contributed by atoms with Crippen molar-refractivity contribution < 1.29 is 9.53 Å². The Labute approximate surface area is 182 Å². The maximum absolute atomic E-state index is 13.0. The van der Waals surface area contributed by atoms with Gasteiger partial charge in [0.15, 0.2) is 5.65 Å². The number of amides is 2. The number of pyridine rings is 2. The first kappa shape index (κ1) is 20.9. The van der Waals surface area contributed by atoms with Crippen LogP contribution in [0.15, 0.2) is 30.6 Å². The first-order chi connectivity index (χ1) is 15.0. The molecule has 9 heteroatoms. The van der Waals surface area contributed by atoms with Crippen molar-refractivity contribution >= 4 is 28.4 Å². The van der Waals surface area contributed by atoms with Crippen molar-refractivity contribution in [1.29, 1.82) is 0 Å². The zero-order valence-electron chi connectivity index (χ0n) is 18.5. The van der Waals surface area contributed by atoms with Crippen molar-refractivity contribution in [3.63, 3.8) is 0 Å². The molecule has 31 heavy (non-hydrogen) atoms. The quantitative estimate of drug-likeness (QED) is 0.678. The van der Waals surface area contributed by atoms with Crippen LogP contribution in [0.25, 0.3) is 11.0 Å². The monoisotopic (exact) mass is 423 g/mol. The lowest BCUT2D eigenvalue weighted by Crippen LogP contribution is -2.55. The molecule has 1 aliphatic heterocycles. The fourth-order valence-electron chi connectivity index (χ4n) is 4.08. The molecular weight excluding hydrogens is 394 g/mol. The smallest absolute Gasteiger partial charge is 0.322 e. The summed E-state index contributed by atoms with van der Waals surface area (Å²) in [5, 5.41) is 8.40. The van der Waals surface area contributed by atoms with Crippen LogP contribution in [0.4, 0.5) is 16.2 Å². The predicted octanol–water partition coefficient (Wildman–Crippen LogP) is 3.20. The average molecular weight is 424 g/mol. The third-order valence-electron chi connectivity index (χ3n) is 5.76. The summed E-state index contributed by atoms with van der Waals surface area (Å²) in [4.78, 5) is 26.1. The molecule has 1 aliphatic rings. The zero-order valence-corrected chi connectivity index (χ0v) is 18.5. The van der Waals surface area contributed by atoms with Gasteiger partial charge in [-0.1, -0.05) is 6.92 Å². The number of carbonyl (C=O) groups is 1. The van der Waals surface area contributed by atoms with Gasteiger partial charge in [-0.05, 0) is 32.4 Å². The van der Waals surface area contributed by atoms with E-state index in [0.717, 1.165) is 35.4 Å². The minimum absolute atomic E-state index is 0.103. The van der Waals surface area contributed by atoms with Crippen LogP contribution < -0.4 is 15.0 Å². The van der Waals surface area contributed by atoms with E-state index in [9.17, 15) is 4.79 Å². The van der Waals surface area contributed by atoms with Crippen LogP contribution in [0.2, 0.25) is 0 Å². The molecule has 0 aromatic carbocycles. The Morgan fingerprint density at radius 1 is 1.26 bits per heavy atom. The lowest BCUT2D eigenvalue weighted by atomic mass is 10.1. The van der Waals surface area contributed by atoms with Gasteiger partial charge in [0, 0.05) is 45.0 Å². The molecule has 1 saturated heterocycles. The third kappa shape index (κ3) is 4.12. The van der Waals surface area contributed by atoms with E-state index in [1.807, 2.05) is 50.3 Å². The van der Waals surface area contributed by atoms with E-state index >= 15 is 0 Å². The van der Waals surface area contributed by atoms with Crippen LogP contribution in [0.1, 0.15) is 26.0 Å². The largest absolute Gasteiger partial charge is 0.478 e. The van der Waals surface area contributed by atoms with E-state index in [1.54, 1.807) is 10.7 Å². The highest BCUT2D eigenvalue weighted by Crippen LogP contribution is 2.29. The van der Waals surface area contributed by atoms with Gasteiger partial charge < -0.3 is 19.9 Å². The van der Waals surface area contributed by atoms with Crippen molar-refractivity contribution in [3.05, 3.63) is 36.3 Å². The van der Waals surface area contributed by atoms with Gasteiger partial charge in [-0.2, -0.15) is 5.10 Å². The number of aryl methyl sites for hydroxylation is 2. The number of nitrogens with one attached hydrogen (secondary N) is 1. The van der Waals surface area contributed by atoms with E-state index in [-0.39, 0.29) is 12.1 Å². The zero-order chi connectivity index (χ0) is 22.0. The highest BCUT2D eigenvalue weighted by Gasteiger charge is 2.30. The fraction of sp³-hybridized carbons (Fsp3) is 0.455. The summed E-state index contributed by atoms with van der Waals surface area (Å²) >= 11 is 0. The molecule has 0 spiro atoms. The van der Waals surface area contributed by atoms with Gasteiger partial charge in [0.25, 0.3) is 0 Å². The highest BCUT2D eigenvalue weighted by molar-refractivity contribution is 5.91. The van der Waals surface area contributed by atoms with Crippen molar-refractivity contribution in [1.82, 2.24) is 24.6 Å². The van der Waals surface area contributed by atoms with Gasteiger partial charge in [0.2, 0.25) is 5.88 Å². The van der Waals surface area contributed by atoms with E-state index in [4.69, 9.17) is 4.74 Å². The third-order valence-corrected chi connectivity index (χ3v) is 5.76. The summed E-state index contributed by atoms with van der Waals surface area (Å²) in [6.45, 7) is 8.53. The maximum atomic E-state index is 13.0. The standard InChI is InChI=1S/C22H29N7O2/c1-5-16-14-28(22(30)26-18-7-8-20(31-6-2)25-15(18)3)11-12-29(16)19-9-10-23-21-17(19)13-24-27(21)4/h7-10,13,16H,5-6,11-12,14H2,1-4H3,(H,26,30)/t16-/m0/s1. The molecule has 1 atom stereocenters. The number of piperazine rings is 1. The van der Waals surface area contributed by atoms with Crippen molar-refractivity contribution in [2.45, 2.75) is 33.2 Å². The summed E-state index contributed by atoms with van der Waals surface area (Å²) in [6, 6.07) is 5.77. The highest BCUT2D eigenvalue weighted by atomic mass is 16.5. The van der Waals surface area contributed by atoms with E-state index in [2.05, 4.69) is 32.2 Å². The number of ether oxygens (including phenoxy) is 1. The number of anilines is 2. The first-order valence-electron chi connectivity index (χ1n) is 10.7. The first-order valence-corrected chi connectivity index (χ1v) is 10.7. The lowest BCUT2D eigenvalue weighted by Gasteiger charge is -2.42. The predicted molar refractivity (Wildman–Crippen MR) is 121 cm³/mol. The molecule has 0 bridgehead atoms. The molecule has 9 nitrogen and oxygen atoms in total. The van der Waals surface area contributed by atoms with Crippen molar-refractivity contribution in [3.8, 4) is 5.88 Å². The number of urea groups is 1. The molecule has 0 radical (unpaired) electrons. The summed E-state index contributed by atoms with van der Waals surface area (Å²) < 4.78 is 7.22. The van der Waals surface area contributed by atoms with Crippen LogP contribution in [0.3, 0.4) is 0 Å². The number of nitrogens with zero attached hydrogens (tertiary/aromatic N) is 6. The van der Waals surface area contributed by atoms with Crippen LogP contribution in [0, 0.1) is 6.92 Å². The fourth-order valence-corrected chi connectivity index (χ4v) is 4.08. The summed E-state index contributed by atoms with van der Waals surface area (Å²) in [7, 11) is 1.90. The number of carbonyl (C=O) groups excluding carboxylic acids is 1. The number of fused-ring (bicyclic) bond motifs is 1. The molecule has 4 rings (SSSR count). The Morgan fingerprint density at radius 3 is 2.84 bits per heavy atom. The summed E-state index contributed by atoms with van der Waals surface area (Å²) in [6.07, 6.45) is 4.62. The van der Waals surface area contributed by atoms with Gasteiger partial charge in [-0.25, -0.2) is 14.8 Å². The van der Waals surface area contributed by atoms with E-state index < -0.39 is 0 Å². The molecule has 1 N–H and O–H groups in total. The maximum Gasteiger partial charge on any atom is 0.322 e. The molecule has 164 valence electrons. The second kappa shape index (κ2) is 8.79. The van der Waals surface area contributed by atoms with Crippen molar-refractivity contribution in [2.75, 3.05) is 36.5 Å². The summed E-state index contributed by atoms with van der Waals surface area (Å²) in [5.74, 6) is 0.566. The molecule has 2 amide bonds. The van der Waals surface area contributed by atoms with Gasteiger partial charge in [-0.15, -0.1) is 0 Å². The van der Waals surface area contributed by atoms with Crippen LogP contribution in [-0.2, 0) is 7.05 Å². The van der Waals surface area contributed by atoms with Gasteiger partial charge >= 0.3 is 6.03 Å². The van der Waals surface area contributed by atoms with Gasteiger partial charge in [0.1, 0.15) is 0 Å². The topological polar surface area (TPSA) is 88.4 Å². The van der Waals surface area contributed by atoms with Crippen molar-refractivity contribution in [2.24, 2.45) is 7.05 Å². The lowest BCUT2D eigenvalue weighted by molar-refractivity contribution is 0.197. The number of aromatic nitrogens is 4. The second-order valence-corrected chi connectivity index (χ2v) is 7.68. The Morgan fingerprint density at radius 2 is 2.10 bits per heavy atom. The molecular formula is C22H29N7O2. The molecule has 0 saturated carbocycles. The summed E-state index contributed by atoms with van der Waals surface area (Å²) in [5.41, 5.74) is 3.43. The van der Waals surface area contributed by atoms with Gasteiger partial charge in [0.05, 0.1) is 35.3 Å². The minimum atomic E-state index is -0.103. The van der Waals surface area contributed by atoms with Gasteiger partial charge in [-0.3, -0.25) is 4.68 Å². The molecule has 1 fully saturated rings. The normalized spacial score (nSPS) is 16.6. The van der Waals surface area contributed by atoms with Crippen LogP contribution >= 0.6 is 0 Å². The molecule has 3 aromatic rings. The van der Waals surface area contributed by atoms with Crippen LogP contribution in [-0.4, -0.2) is 63.0 Å². The minimum Gasteiger partial charge on any atom is -0.478 e. The van der Waals surface area contributed by atoms with E-state index in [0.29, 0.717) is 31.3 Å². The Bertz CT molecular complexity index is 1080. The second-order valence-electron chi connectivity index (χ2n) is 7.68. The Kier molecular flexibility index (Phi) is 5.92. The Balaban J connectivity index is 1.48. The van der Waals surface area contributed by atoms with Crippen LogP contribution in [0.5, 0.6) is 5.88 Å². The van der Waals surface area contributed by atoms with E-state index in [1.165, 1.54) is 0 Å². The number of hydrogen-bond donors (Lipinski definition) is 1. The average Bonchev–Trinajstić information content (AvgIpc) is 3.16. The molecule has 4 heterocycles. The molecule has 0 aliphatic carbocycles. The Hall–Kier alpha value is -3.36. The number of hydrogen-bond acceptors (Lipinski definition) is 6.